The molecule has 0 saturated carbocycles. The molecule has 0 spiro atoms. The number of benzene rings is 1. The zero-order valence-corrected chi connectivity index (χ0v) is 12.1. The molecule has 1 amide bonds. The van der Waals surface area contributed by atoms with Gasteiger partial charge in [0.15, 0.2) is 5.76 Å². The highest BCUT2D eigenvalue weighted by Crippen LogP contribution is 2.20. The molecule has 22 heavy (non-hydrogen) atoms. The van der Waals surface area contributed by atoms with E-state index in [1.54, 1.807) is 24.5 Å². The van der Waals surface area contributed by atoms with Gasteiger partial charge in [-0.15, -0.1) is 0 Å². The van der Waals surface area contributed by atoms with Crippen molar-refractivity contribution in [2.75, 3.05) is 0 Å². The summed E-state index contributed by atoms with van der Waals surface area (Å²) in [4.78, 5) is 15.8. The van der Waals surface area contributed by atoms with Crippen LogP contribution in [0.5, 0.6) is 0 Å². The van der Waals surface area contributed by atoms with Crippen LogP contribution < -0.4 is 5.32 Å². The van der Waals surface area contributed by atoms with Gasteiger partial charge in [0, 0.05) is 29.6 Å². The summed E-state index contributed by atoms with van der Waals surface area (Å²) in [5, 5.41) is 6.78. The number of aromatic nitrogens is 2. The van der Waals surface area contributed by atoms with Gasteiger partial charge in [-0.2, -0.15) is 0 Å². The summed E-state index contributed by atoms with van der Waals surface area (Å²) in [6.45, 7) is 2.35. The van der Waals surface area contributed by atoms with E-state index in [4.69, 9.17) is 4.52 Å². The van der Waals surface area contributed by atoms with Crippen LogP contribution in [0.4, 0.5) is 0 Å². The largest absolute Gasteiger partial charge is 0.356 e. The first-order valence-electron chi connectivity index (χ1n) is 6.93. The van der Waals surface area contributed by atoms with Crippen LogP contribution in [0.15, 0.2) is 59.4 Å². The molecule has 0 aliphatic rings. The zero-order chi connectivity index (χ0) is 15.4. The maximum Gasteiger partial charge on any atom is 0.251 e. The Kier molecular flexibility index (Phi) is 3.96. The van der Waals surface area contributed by atoms with Gasteiger partial charge >= 0.3 is 0 Å². The van der Waals surface area contributed by atoms with Crippen LogP contribution in [0.2, 0.25) is 0 Å². The van der Waals surface area contributed by atoms with Gasteiger partial charge in [-0.3, -0.25) is 9.78 Å². The summed E-state index contributed by atoms with van der Waals surface area (Å²) in [5.41, 5.74) is 3.40. The summed E-state index contributed by atoms with van der Waals surface area (Å²) in [5.74, 6) is 0.524. The molecule has 0 bridgehead atoms. The van der Waals surface area contributed by atoms with Gasteiger partial charge in [-0.25, -0.2) is 0 Å². The first-order valence-corrected chi connectivity index (χ1v) is 6.93. The molecule has 0 unspecified atom stereocenters. The van der Waals surface area contributed by atoms with E-state index in [1.807, 2.05) is 37.3 Å². The summed E-state index contributed by atoms with van der Waals surface area (Å²) in [6, 6.07) is 13.2. The van der Waals surface area contributed by atoms with Crippen molar-refractivity contribution in [3.63, 3.8) is 0 Å². The van der Waals surface area contributed by atoms with E-state index in [0.29, 0.717) is 23.6 Å². The molecule has 3 aromatic rings. The molecule has 5 nitrogen and oxygen atoms in total. The lowest BCUT2D eigenvalue weighted by Gasteiger charge is -2.01. The lowest BCUT2D eigenvalue weighted by Crippen LogP contribution is -2.22. The second kappa shape index (κ2) is 6.22. The molecule has 2 aromatic heterocycles. The molecule has 0 atom stereocenters. The quantitative estimate of drug-likeness (QED) is 0.803. The fourth-order valence-corrected chi connectivity index (χ4v) is 2.03. The number of amides is 1. The molecule has 0 fully saturated rings. The molecule has 0 aliphatic heterocycles. The summed E-state index contributed by atoms with van der Waals surface area (Å²) < 4.78 is 5.32. The van der Waals surface area contributed by atoms with Crippen LogP contribution in [0.25, 0.3) is 11.3 Å². The molecule has 1 aromatic carbocycles. The second-order valence-corrected chi connectivity index (χ2v) is 4.97. The molecule has 0 radical (unpaired) electrons. The van der Waals surface area contributed by atoms with Crippen molar-refractivity contribution >= 4 is 5.91 Å². The van der Waals surface area contributed by atoms with Crippen molar-refractivity contribution in [2.24, 2.45) is 0 Å². The molecule has 0 saturated heterocycles. The smallest absolute Gasteiger partial charge is 0.251 e. The highest BCUT2D eigenvalue weighted by atomic mass is 16.5. The van der Waals surface area contributed by atoms with Crippen LogP contribution in [-0.4, -0.2) is 16.0 Å². The lowest BCUT2D eigenvalue weighted by molar-refractivity contribution is 0.0950. The van der Waals surface area contributed by atoms with Gasteiger partial charge in [0.2, 0.25) is 0 Å². The van der Waals surface area contributed by atoms with E-state index in [9.17, 15) is 4.79 Å². The molecule has 1 N–H and O–H groups in total. The second-order valence-electron chi connectivity index (χ2n) is 4.97. The number of aryl methyl sites for hydroxylation is 1. The third-order valence-corrected chi connectivity index (χ3v) is 3.27. The van der Waals surface area contributed by atoms with E-state index in [2.05, 4.69) is 15.5 Å². The van der Waals surface area contributed by atoms with Crippen LogP contribution in [0.3, 0.4) is 0 Å². The number of nitrogens with zero attached hydrogens (tertiary/aromatic N) is 2. The van der Waals surface area contributed by atoms with Crippen molar-refractivity contribution in [2.45, 2.75) is 13.5 Å². The van der Waals surface area contributed by atoms with Gasteiger partial charge in [0.1, 0.15) is 5.69 Å². The van der Waals surface area contributed by atoms with Crippen LogP contribution in [0.1, 0.15) is 21.6 Å². The Labute approximate surface area is 128 Å². The Bertz CT molecular complexity index is 764. The lowest BCUT2D eigenvalue weighted by atomic mass is 10.1. The van der Waals surface area contributed by atoms with Gasteiger partial charge in [0.05, 0.1) is 6.54 Å². The standard InChI is InChI=1S/C17H15N3O2/c1-12-2-4-13(5-3-12)16-10-15(20-22-16)11-19-17(21)14-6-8-18-9-7-14/h2-10H,11H2,1H3,(H,19,21). The number of hydrogen-bond donors (Lipinski definition) is 1. The van der Waals surface area contributed by atoms with Gasteiger partial charge in [0.25, 0.3) is 5.91 Å². The zero-order valence-electron chi connectivity index (χ0n) is 12.1. The minimum atomic E-state index is -0.165. The Hall–Kier alpha value is -2.95. The number of nitrogens with one attached hydrogen (secondary N) is 1. The Morgan fingerprint density at radius 2 is 1.86 bits per heavy atom. The number of carbonyl (C=O) groups excluding carboxylic acids is 1. The monoisotopic (exact) mass is 293 g/mol. The summed E-state index contributed by atoms with van der Waals surface area (Å²) in [6.07, 6.45) is 3.17. The highest BCUT2D eigenvalue weighted by Gasteiger charge is 2.09. The normalized spacial score (nSPS) is 10.4. The van der Waals surface area contributed by atoms with Crippen molar-refractivity contribution in [1.82, 2.24) is 15.5 Å². The highest BCUT2D eigenvalue weighted by molar-refractivity contribution is 5.93. The minimum absolute atomic E-state index is 0.165. The van der Waals surface area contributed by atoms with Crippen molar-refractivity contribution in [1.29, 1.82) is 0 Å². The molecular weight excluding hydrogens is 278 g/mol. The topological polar surface area (TPSA) is 68.0 Å². The fourth-order valence-electron chi connectivity index (χ4n) is 2.03. The Balaban J connectivity index is 1.65. The SMILES string of the molecule is Cc1ccc(-c2cc(CNC(=O)c3ccncc3)no2)cc1. The van der Waals surface area contributed by atoms with Crippen LogP contribution >= 0.6 is 0 Å². The average molecular weight is 293 g/mol. The first-order chi connectivity index (χ1) is 10.7. The van der Waals surface area contributed by atoms with Gasteiger partial charge < -0.3 is 9.84 Å². The number of carbonyl (C=O) groups is 1. The van der Waals surface area contributed by atoms with Crippen molar-refractivity contribution < 1.29 is 9.32 Å². The molecule has 5 heteroatoms. The number of hydrogen-bond acceptors (Lipinski definition) is 4. The average Bonchev–Trinajstić information content (AvgIpc) is 3.03. The summed E-state index contributed by atoms with van der Waals surface area (Å²) >= 11 is 0. The van der Waals surface area contributed by atoms with Crippen molar-refractivity contribution in [3.8, 4) is 11.3 Å². The summed E-state index contributed by atoms with van der Waals surface area (Å²) in [7, 11) is 0. The van der Waals surface area contributed by atoms with E-state index in [0.717, 1.165) is 5.56 Å². The number of pyridine rings is 1. The molecule has 110 valence electrons. The predicted octanol–water partition coefficient (Wildman–Crippen LogP) is 2.98. The maximum absolute atomic E-state index is 11.9. The first kappa shape index (κ1) is 14.0. The predicted molar refractivity (Wildman–Crippen MR) is 82.1 cm³/mol. The molecule has 3 rings (SSSR count). The number of rotatable bonds is 4. The molecular formula is C17H15N3O2. The third kappa shape index (κ3) is 3.20. The molecule has 0 aliphatic carbocycles. The Morgan fingerprint density at radius 3 is 2.59 bits per heavy atom. The van der Waals surface area contributed by atoms with Crippen LogP contribution in [-0.2, 0) is 6.54 Å². The van der Waals surface area contributed by atoms with Gasteiger partial charge in [-0.1, -0.05) is 35.0 Å². The van der Waals surface area contributed by atoms with E-state index in [-0.39, 0.29) is 5.91 Å². The van der Waals surface area contributed by atoms with Crippen molar-refractivity contribution in [3.05, 3.63) is 71.7 Å². The Morgan fingerprint density at radius 1 is 1.14 bits per heavy atom. The third-order valence-electron chi connectivity index (χ3n) is 3.27. The maximum atomic E-state index is 11.9. The van der Waals surface area contributed by atoms with E-state index < -0.39 is 0 Å². The van der Waals surface area contributed by atoms with E-state index >= 15 is 0 Å². The minimum Gasteiger partial charge on any atom is -0.356 e. The fraction of sp³-hybridized carbons (Fsp3) is 0.118. The van der Waals surface area contributed by atoms with Crippen LogP contribution in [0, 0.1) is 6.92 Å². The molecule has 2 heterocycles. The van der Waals surface area contributed by atoms with E-state index in [1.165, 1.54) is 5.56 Å². The van der Waals surface area contributed by atoms with Gasteiger partial charge in [-0.05, 0) is 19.1 Å².